The molecule has 198 valence electrons. The molecule has 0 saturated heterocycles. The summed E-state index contributed by atoms with van der Waals surface area (Å²) in [5.74, 6) is -1.39. The molecule has 0 aliphatic carbocycles. The number of benzene rings is 3. The highest BCUT2D eigenvalue weighted by Gasteiger charge is 2.31. The van der Waals surface area contributed by atoms with Gasteiger partial charge in [-0.25, -0.2) is 4.39 Å². The Morgan fingerprint density at radius 3 is 2.46 bits per heavy atom. The Morgan fingerprint density at radius 2 is 1.77 bits per heavy atom. The molecule has 7 nitrogen and oxygen atoms in total. The largest absolute Gasteiger partial charge is 0.416 e. The average molecular weight is 536 g/mol. The van der Waals surface area contributed by atoms with E-state index < -0.39 is 28.9 Å². The standard InChI is InChI=1S/C28H20F4N4O3/c29-22-13-19(28(30,31)32)8-7-18(22)14-36-15-21(26(38)20-10-17(11-24(33)37)6-9-23(20)36)27-34-25(39-35-27)12-16-4-2-1-3-5-16/h1-10,13,15H,11-12,14H2,(H2,33,37). The fraction of sp³-hybridized carbons (Fsp3) is 0.143. The minimum atomic E-state index is -4.69. The Balaban J connectivity index is 1.61. The Labute approximate surface area is 218 Å². The summed E-state index contributed by atoms with van der Waals surface area (Å²) >= 11 is 0. The van der Waals surface area contributed by atoms with E-state index in [1.54, 1.807) is 12.1 Å². The summed E-state index contributed by atoms with van der Waals surface area (Å²) < 4.78 is 60.7. The maximum atomic E-state index is 14.7. The third-order valence-electron chi connectivity index (χ3n) is 6.15. The highest BCUT2D eigenvalue weighted by Crippen LogP contribution is 2.31. The van der Waals surface area contributed by atoms with Crippen LogP contribution in [0.15, 0.2) is 82.2 Å². The zero-order chi connectivity index (χ0) is 27.7. The van der Waals surface area contributed by atoms with Crippen LogP contribution in [0.5, 0.6) is 0 Å². The summed E-state index contributed by atoms with van der Waals surface area (Å²) in [6, 6.07) is 16.3. The molecular weight excluding hydrogens is 516 g/mol. The first-order valence-corrected chi connectivity index (χ1v) is 11.8. The van der Waals surface area contributed by atoms with E-state index in [2.05, 4.69) is 10.1 Å². The first-order chi connectivity index (χ1) is 18.6. The molecular formula is C28H20F4N4O3. The minimum absolute atomic E-state index is 0.00484. The van der Waals surface area contributed by atoms with Gasteiger partial charge in [0.1, 0.15) is 5.82 Å². The number of nitrogens with two attached hydrogens (primary N) is 1. The van der Waals surface area contributed by atoms with Gasteiger partial charge in [-0.3, -0.25) is 9.59 Å². The van der Waals surface area contributed by atoms with E-state index in [9.17, 15) is 27.2 Å². The normalized spacial score (nSPS) is 11.7. The molecule has 0 unspecified atom stereocenters. The number of aromatic nitrogens is 3. The Kier molecular flexibility index (Phi) is 6.73. The van der Waals surface area contributed by atoms with Gasteiger partial charge in [-0.2, -0.15) is 18.2 Å². The lowest BCUT2D eigenvalue weighted by Gasteiger charge is -2.15. The first kappa shape index (κ1) is 25.8. The number of carbonyl (C=O) groups excluding carboxylic acids is 1. The zero-order valence-electron chi connectivity index (χ0n) is 20.2. The molecule has 0 atom stereocenters. The third kappa shape index (κ3) is 5.57. The first-order valence-electron chi connectivity index (χ1n) is 11.8. The molecule has 0 saturated carbocycles. The molecule has 0 bridgehead atoms. The maximum Gasteiger partial charge on any atom is 0.416 e. The van der Waals surface area contributed by atoms with Crippen molar-refractivity contribution in [2.24, 2.45) is 5.73 Å². The fourth-order valence-electron chi connectivity index (χ4n) is 4.29. The summed E-state index contributed by atoms with van der Waals surface area (Å²) in [6.45, 7) is -0.197. The zero-order valence-corrected chi connectivity index (χ0v) is 20.2. The maximum absolute atomic E-state index is 14.7. The van der Waals surface area contributed by atoms with Crippen molar-refractivity contribution < 1.29 is 26.9 Å². The molecule has 2 aromatic heterocycles. The lowest BCUT2D eigenvalue weighted by atomic mass is 10.0. The van der Waals surface area contributed by atoms with Crippen molar-refractivity contribution >= 4 is 16.8 Å². The number of amides is 1. The van der Waals surface area contributed by atoms with Crippen molar-refractivity contribution in [3.63, 3.8) is 0 Å². The van der Waals surface area contributed by atoms with Crippen molar-refractivity contribution in [3.8, 4) is 11.4 Å². The van der Waals surface area contributed by atoms with Gasteiger partial charge in [-0.1, -0.05) is 47.6 Å². The summed E-state index contributed by atoms with van der Waals surface area (Å²) in [4.78, 5) is 29.3. The second kappa shape index (κ2) is 10.2. The molecule has 11 heteroatoms. The number of alkyl halides is 3. The topological polar surface area (TPSA) is 104 Å². The molecule has 0 aliphatic heterocycles. The lowest BCUT2D eigenvalue weighted by molar-refractivity contribution is -0.137. The monoisotopic (exact) mass is 536 g/mol. The van der Waals surface area contributed by atoms with Crippen LogP contribution in [0.4, 0.5) is 17.6 Å². The van der Waals surface area contributed by atoms with Crippen molar-refractivity contribution in [2.45, 2.75) is 25.6 Å². The van der Waals surface area contributed by atoms with Gasteiger partial charge < -0.3 is 14.8 Å². The predicted octanol–water partition coefficient (Wildman–Crippen LogP) is 4.88. The van der Waals surface area contributed by atoms with Gasteiger partial charge in [0, 0.05) is 17.1 Å². The van der Waals surface area contributed by atoms with Gasteiger partial charge in [-0.05, 0) is 35.4 Å². The van der Waals surface area contributed by atoms with E-state index >= 15 is 0 Å². The molecule has 3 aromatic carbocycles. The highest BCUT2D eigenvalue weighted by molar-refractivity contribution is 5.85. The fourth-order valence-corrected chi connectivity index (χ4v) is 4.29. The van der Waals surface area contributed by atoms with Gasteiger partial charge in [0.05, 0.1) is 36.0 Å². The molecule has 0 fully saturated rings. The van der Waals surface area contributed by atoms with Gasteiger partial charge in [0.15, 0.2) is 0 Å². The molecule has 0 spiro atoms. The van der Waals surface area contributed by atoms with Crippen LogP contribution >= 0.6 is 0 Å². The second-order valence-electron chi connectivity index (χ2n) is 8.97. The number of hydrogen-bond acceptors (Lipinski definition) is 5. The molecule has 39 heavy (non-hydrogen) atoms. The van der Waals surface area contributed by atoms with Gasteiger partial charge in [0.2, 0.25) is 23.1 Å². The van der Waals surface area contributed by atoms with Gasteiger partial charge in [-0.15, -0.1) is 0 Å². The molecule has 2 N–H and O–H groups in total. The second-order valence-corrected chi connectivity index (χ2v) is 8.97. The van der Waals surface area contributed by atoms with Crippen molar-refractivity contribution in [1.29, 1.82) is 0 Å². The van der Waals surface area contributed by atoms with E-state index in [0.717, 1.165) is 17.7 Å². The number of pyridine rings is 1. The molecule has 5 aromatic rings. The SMILES string of the molecule is NC(=O)Cc1ccc2c(c1)c(=O)c(-c1noc(Cc3ccccc3)n1)cn2Cc1ccc(C(F)(F)F)cc1F. The van der Waals surface area contributed by atoms with E-state index in [1.165, 1.54) is 16.8 Å². The van der Waals surface area contributed by atoms with E-state index in [0.29, 0.717) is 23.6 Å². The van der Waals surface area contributed by atoms with Crippen LogP contribution < -0.4 is 11.2 Å². The van der Waals surface area contributed by atoms with Crippen molar-refractivity contribution in [3.05, 3.63) is 117 Å². The molecule has 0 radical (unpaired) electrons. The molecule has 1 amide bonds. The number of carbonyl (C=O) groups is 1. The molecule has 5 rings (SSSR count). The Hall–Kier alpha value is -4.80. The summed E-state index contributed by atoms with van der Waals surface area (Å²) in [6.07, 6.45) is -3.07. The van der Waals surface area contributed by atoms with Crippen LogP contribution in [0.2, 0.25) is 0 Å². The number of rotatable bonds is 7. The number of hydrogen-bond donors (Lipinski definition) is 1. The summed E-state index contributed by atoms with van der Waals surface area (Å²) in [7, 11) is 0. The van der Waals surface area contributed by atoms with Crippen LogP contribution in [0.1, 0.15) is 28.1 Å². The Morgan fingerprint density at radius 1 is 1.00 bits per heavy atom. The van der Waals surface area contributed by atoms with Gasteiger partial charge >= 0.3 is 6.18 Å². The van der Waals surface area contributed by atoms with Crippen LogP contribution in [0, 0.1) is 5.82 Å². The van der Waals surface area contributed by atoms with Crippen molar-refractivity contribution in [1.82, 2.24) is 14.7 Å². The number of primary amides is 1. The van der Waals surface area contributed by atoms with Crippen LogP contribution in [-0.4, -0.2) is 20.6 Å². The quantitative estimate of drug-likeness (QED) is 0.299. The highest BCUT2D eigenvalue weighted by atomic mass is 19.4. The van der Waals surface area contributed by atoms with Crippen LogP contribution in [-0.2, 0) is 30.4 Å². The van der Waals surface area contributed by atoms with Crippen LogP contribution in [0.3, 0.4) is 0 Å². The average Bonchev–Trinajstić information content (AvgIpc) is 3.34. The van der Waals surface area contributed by atoms with E-state index in [4.69, 9.17) is 10.3 Å². The molecule has 0 aliphatic rings. The predicted molar refractivity (Wildman–Crippen MR) is 134 cm³/mol. The van der Waals surface area contributed by atoms with Crippen molar-refractivity contribution in [2.75, 3.05) is 0 Å². The smallest absolute Gasteiger partial charge is 0.369 e. The number of fused-ring (bicyclic) bond motifs is 1. The third-order valence-corrected chi connectivity index (χ3v) is 6.15. The van der Waals surface area contributed by atoms with E-state index in [1.807, 2.05) is 30.3 Å². The summed E-state index contributed by atoms with van der Waals surface area (Å²) in [5.41, 5.74) is 5.50. The van der Waals surface area contributed by atoms with Crippen LogP contribution in [0.25, 0.3) is 22.3 Å². The Bertz CT molecular complexity index is 1740. The molecule has 2 heterocycles. The lowest BCUT2D eigenvalue weighted by Crippen LogP contribution is -2.16. The summed E-state index contributed by atoms with van der Waals surface area (Å²) in [5, 5.41) is 4.13. The number of halogens is 4. The minimum Gasteiger partial charge on any atom is -0.369 e. The van der Waals surface area contributed by atoms with Gasteiger partial charge in [0.25, 0.3) is 0 Å². The number of nitrogens with zero attached hydrogens (tertiary/aromatic N) is 3. The van der Waals surface area contributed by atoms with E-state index in [-0.39, 0.29) is 41.2 Å².